The molecule has 0 saturated heterocycles. The third kappa shape index (κ3) is 4.32. The van der Waals surface area contributed by atoms with Crippen molar-refractivity contribution in [1.29, 1.82) is 0 Å². The number of primary amides is 1. The number of nitrogens with one attached hydrogen (secondary N) is 1. The van der Waals surface area contributed by atoms with Crippen molar-refractivity contribution in [3.63, 3.8) is 0 Å². The number of nitrogens with two attached hydrogens (primary N) is 1. The molecule has 4 aromatic carbocycles. The Bertz CT molecular complexity index is 1660. The van der Waals surface area contributed by atoms with Gasteiger partial charge in [-0.1, -0.05) is 48.5 Å². The maximum Gasteiger partial charge on any atom is 0.248 e. The zero-order chi connectivity index (χ0) is 25.2. The minimum atomic E-state index is -0.557. The van der Waals surface area contributed by atoms with Crippen molar-refractivity contribution in [3.05, 3.63) is 102 Å². The van der Waals surface area contributed by atoms with Crippen LogP contribution >= 0.6 is 0 Å². The summed E-state index contributed by atoms with van der Waals surface area (Å²) in [5.74, 6) is -0.297. The maximum atomic E-state index is 12.8. The number of ether oxygens (including phenoxy) is 1. The van der Waals surface area contributed by atoms with Crippen molar-refractivity contribution < 1.29 is 18.7 Å². The van der Waals surface area contributed by atoms with Gasteiger partial charge in [0.15, 0.2) is 0 Å². The Balaban J connectivity index is 1.54. The van der Waals surface area contributed by atoms with Gasteiger partial charge in [0, 0.05) is 39.9 Å². The molecule has 0 aliphatic heterocycles. The molecule has 5 aromatic rings. The van der Waals surface area contributed by atoms with Crippen LogP contribution in [0.4, 0.5) is 5.69 Å². The lowest BCUT2D eigenvalue weighted by Crippen LogP contribution is -2.13. The summed E-state index contributed by atoms with van der Waals surface area (Å²) in [6.45, 7) is 1.85. The normalized spacial score (nSPS) is 11.6. The Labute approximate surface area is 208 Å². The predicted octanol–water partition coefficient (Wildman–Crippen LogP) is 6.40. The number of carbonyl (C=O) groups is 2. The zero-order valence-corrected chi connectivity index (χ0v) is 19.9. The second-order valence-corrected chi connectivity index (χ2v) is 8.49. The number of rotatable bonds is 6. The van der Waals surface area contributed by atoms with E-state index in [1.165, 1.54) is 12.1 Å². The van der Waals surface area contributed by atoms with Crippen molar-refractivity contribution in [2.45, 2.75) is 6.92 Å². The summed E-state index contributed by atoms with van der Waals surface area (Å²) < 4.78 is 11.5. The van der Waals surface area contributed by atoms with Gasteiger partial charge in [0.1, 0.15) is 11.3 Å². The van der Waals surface area contributed by atoms with Gasteiger partial charge in [0.2, 0.25) is 11.8 Å². The summed E-state index contributed by atoms with van der Waals surface area (Å²) in [6.07, 6.45) is 3.26. The molecule has 3 N–H and O–H groups in total. The van der Waals surface area contributed by atoms with Gasteiger partial charge >= 0.3 is 0 Å². The fourth-order valence-electron chi connectivity index (χ4n) is 4.40. The van der Waals surface area contributed by atoms with Gasteiger partial charge in [-0.15, -0.1) is 0 Å². The maximum absolute atomic E-state index is 12.8. The van der Waals surface area contributed by atoms with Crippen molar-refractivity contribution in [3.8, 4) is 16.9 Å². The van der Waals surface area contributed by atoms with Crippen molar-refractivity contribution in [2.24, 2.45) is 5.73 Å². The number of furan rings is 1. The lowest BCUT2D eigenvalue weighted by molar-refractivity contribution is -0.111. The largest absolute Gasteiger partial charge is 0.496 e. The average Bonchev–Trinajstić information content (AvgIpc) is 3.30. The molecule has 0 aliphatic rings. The minimum absolute atomic E-state index is 0.321. The van der Waals surface area contributed by atoms with Crippen LogP contribution in [0.1, 0.15) is 22.8 Å². The average molecular weight is 477 g/mol. The highest BCUT2D eigenvalue weighted by molar-refractivity contribution is 6.08. The van der Waals surface area contributed by atoms with Crippen LogP contribution in [0.5, 0.6) is 5.75 Å². The molecule has 0 radical (unpaired) electrons. The smallest absolute Gasteiger partial charge is 0.248 e. The molecule has 0 unspecified atom stereocenters. The molecule has 1 aromatic heterocycles. The molecular weight excluding hydrogens is 452 g/mol. The monoisotopic (exact) mass is 476 g/mol. The first-order valence-corrected chi connectivity index (χ1v) is 11.4. The lowest BCUT2D eigenvalue weighted by Gasteiger charge is -2.11. The van der Waals surface area contributed by atoms with Gasteiger partial charge in [-0.05, 0) is 53.1 Å². The second-order valence-electron chi connectivity index (χ2n) is 8.49. The van der Waals surface area contributed by atoms with E-state index in [1.807, 2.05) is 37.3 Å². The number of allylic oxidation sites excluding steroid dienone is 1. The Morgan fingerprint density at radius 2 is 1.69 bits per heavy atom. The Morgan fingerprint density at radius 1 is 0.917 bits per heavy atom. The van der Waals surface area contributed by atoms with Crippen LogP contribution in [0, 0.1) is 0 Å². The first kappa shape index (κ1) is 22.9. The summed E-state index contributed by atoms with van der Waals surface area (Å²) in [6, 6.07) is 24.7. The van der Waals surface area contributed by atoms with Gasteiger partial charge in [-0.25, -0.2) is 0 Å². The van der Waals surface area contributed by atoms with E-state index in [1.54, 1.807) is 31.6 Å². The van der Waals surface area contributed by atoms with Crippen LogP contribution in [-0.2, 0) is 4.79 Å². The van der Waals surface area contributed by atoms with Gasteiger partial charge in [-0.3, -0.25) is 9.59 Å². The van der Waals surface area contributed by atoms with Gasteiger partial charge in [-0.2, -0.15) is 0 Å². The topological polar surface area (TPSA) is 94.6 Å². The van der Waals surface area contributed by atoms with E-state index in [4.69, 9.17) is 14.9 Å². The fraction of sp³-hybridized carbons (Fsp3) is 0.0667. The van der Waals surface area contributed by atoms with Crippen LogP contribution in [0.15, 0.2) is 95.6 Å². The van der Waals surface area contributed by atoms with E-state index in [2.05, 4.69) is 29.6 Å². The number of amides is 2. The predicted molar refractivity (Wildman–Crippen MR) is 143 cm³/mol. The molecule has 5 rings (SSSR count). The molecule has 6 heteroatoms. The molecule has 0 bridgehead atoms. The molecule has 6 nitrogen and oxygen atoms in total. The molecule has 0 spiro atoms. The first-order chi connectivity index (χ1) is 17.4. The number of benzene rings is 4. The molecule has 36 heavy (non-hydrogen) atoms. The second kappa shape index (κ2) is 9.43. The summed E-state index contributed by atoms with van der Waals surface area (Å²) in [4.78, 5) is 24.2. The molecule has 1 heterocycles. The minimum Gasteiger partial charge on any atom is -0.496 e. The van der Waals surface area contributed by atoms with E-state index >= 15 is 0 Å². The number of methoxy groups -OCH3 is 1. The van der Waals surface area contributed by atoms with E-state index in [9.17, 15) is 9.59 Å². The van der Waals surface area contributed by atoms with E-state index in [0.717, 1.165) is 32.8 Å². The summed E-state index contributed by atoms with van der Waals surface area (Å²) in [5.41, 5.74) is 10.3. The molecule has 0 atom stereocenters. The molecule has 0 aliphatic carbocycles. The number of carbonyl (C=O) groups excluding carboxylic acids is 2. The van der Waals surface area contributed by atoms with Gasteiger partial charge in [0.25, 0.3) is 0 Å². The third-order valence-corrected chi connectivity index (χ3v) is 6.16. The zero-order valence-electron chi connectivity index (χ0n) is 19.9. The van der Waals surface area contributed by atoms with Crippen LogP contribution in [0.3, 0.4) is 0 Å². The quantitative estimate of drug-likeness (QED) is 0.277. The Morgan fingerprint density at radius 3 is 2.50 bits per heavy atom. The van der Waals surface area contributed by atoms with Gasteiger partial charge < -0.3 is 20.2 Å². The fourth-order valence-corrected chi connectivity index (χ4v) is 4.40. The highest BCUT2D eigenvalue weighted by atomic mass is 16.5. The number of anilines is 1. The number of fused-ring (bicyclic) bond motifs is 2. The van der Waals surface area contributed by atoms with Crippen molar-refractivity contribution in [1.82, 2.24) is 0 Å². The van der Waals surface area contributed by atoms with Crippen molar-refractivity contribution in [2.75, 3.05) is 12.4 Å². The molecule has 2 amide bonds. The van der Waals surface area contributed by atoms with Crippen LogP contribution < -0.4 is 15.8 Å². The third-order valence-electron chi connectivity index (χ3n) is 6.16. The molecular formula is C30H24N2O4. The van der Waals surface area contributed by atoms with E-state index in [-0.39, 0.29) is 5.91 Å². The highest BCUT2D eigenvalue weighted by Gasteiger charge is 2.16. The highest BCUT2D eigenvalue weighted by Crippen LogP contribution is 2.39. The molecule has 0 fully saturated rings. The summed E-state index contributed by atoms with van der Waals surface area (Å²) >= 11 is 0. The van der Waals surface area contributed by atoms with E-state index < -0.39 is 5.91 Å². The van der Waals surface area contributed by atoms with Crippen LogP contribution in [0.25, 0.3) is 38.4 Å². The molecule has 178 valence electrons. The van der Waals surface area contributed by atoms with Gasteiger partial charge in [0.05, 0.1) is 13.4 Å². The lowest BCUT2D eigenvalue weighted by atomic mass is 9.96. The standard InChI is InChI=1S/C30H24N2O4/c1-18(13-29(33)32-21-10-5-9-20(14-21)30(31)34)24-15-25-26(17-36-28(25)16-27(24)35-2)23-12-6-8-19-7-3-4-11-22(19)23/h3-17H,1-2H3,(H2,31,34)(H,32,33)/b18-13+. The SMILES string of the molecule is COc1cc2occ(-c3cccc4ccccc34)c2cc1/C(C)=C/C(=O)Nc1cccc(C(N)=O)c1. The Kier molecular flexibility index (Phi) is 6.00. The Hall–Kier alpha value is -4.84. The summed E-state index contributed by atoms with van der Waals surface area (Å²) in [5, 5.41) is 5.98. The summed E-state index contributed by atoms with van der Waals surface area (Å²) in [7, 11) is 1.59. The van der Waals surface area contributed by atoms with Crippen LogP contribution in [0.2, 0.25) is 0 Å². The number of hydrogen-bond donors (Lipinski definition) is 2. The molecule has 0 saturated carbocycles. The van der Waals surface area contributed by atoms with E-state index in [0.29, 0.717) is 28.2 Å². The van der Waals surface area contributed by atoms with Crippen LogP contribution in [-0.4, -0.2) is 18.9 Å². The number of hydrogen-bond acceptors (Lipinski definition) is 4. The first-order valence-electron chi connectivity index (χ1n) is 11.4. The van der Waals surface area contributed by atoms with Crippen molar-refractivity contribution >= 4 is 44.8 Å².